The molecule has 4 heteroatoms. The van der Waals surface area contributed by atoms with Gasteiger partial charge in [-0.25, -0.2) is 4.99 Å². The molecule has 4 nitrogen and oxygen atoms in total. The van der Waals surface area contributed by atoms with E-state index in [9.17, 15) is 0 Å². The molecule has 1 fully saturated rings. The maximum absolute atomic E-state index is 6.29. The Kier molecular flexibility index (Phi) is 4.06. The number of hydrogen-bond acceptors (Lipinski definition) is 4. The third kappa shape index (κ3) is 3.21. The number of hydrogen-bond donors (Lipinski definition) is 2. The molecule has 0 heterocycles. The Balaban J connectivity index is 1.93. The molecule has 118 valence electrons. The summed E-state index contributed by atoms with van der Waals surface area (Å²) in [6.45, 7) is 1.85. The molecule has 1 saturated carbocycles. The van der Waals surface area contributed by atoms with Gasteiger partial charge in [-0.05, 0) is 37.5 Å². The zero-order chi connectivity index (χ0) is 16.3. The van der Waals surface area contributed by atoms with Gasteiger partial charge in [0.15, 0.2) is 0 Å². The number of rotatable bonds is 5. The SMILES string of the molecule is CC=N/C(OC1(c2ccccc2)CC1)=C(\N)c1ccc(N)cc1. The van der Waals surface area contributed by atoms with Gasteiger partial charge in [0.25, 0.3) is 0 Å². The monoisotopic (exact) mass is 307 g/mol. The van der Waals surface area contributed by atoms with Crippen LogP contribution in [-0.2, 0) is 10.3 Å². The van der Waals surface area contributed by atoms with Gasteiger partial charge in [0.2, 0.25) is 5.88 Å². The molecule has 0 aliphatic heterocycles. The summed E-state index contributed by atoms with van der Waals surface area (Å²) in [6, 6.07) is 17.6. The molecule has 0 saturated heterocycles. The van der Waals surface area contributed by atoms with E-state index in [1.807, 2.05) is 49.4 Å². The molecule has 23 heavy (non-hydrogen) atoms. The molecule has 0 bridgehead atoms. The molecule has 2 aromatic rings. The quantitative estimate of drug-likeness (QED) is 0.503. The van der Waals surface area contributed by atoms with Crippen molar-refractivity contribution in [1.82, 2.24) is 0 Å². The molecule has 0 unspecified atom stereocenters. The minimum absolute atomic E-state index is 0.304. The van der Waals surface area contributed by atoms with E-state index < -0.39 is 0 Å². The first-order chi connectivity index (χ1) is 11.1. The van der Waals surface area contributed by atoms with Crippen LogP contribution in [0.1, 0.15) is 30.9 Å². The third-order valence-corrected chi connectivity index (χ3v) is 3.99. The summed E-state index contributed by atoms with van der Waals surface area (Å²) in [5.74, 6) is 0.457. The lowest BCUT2D eigenvalue weighted by Gasteiger charge is -2.20. The first-order valence-corrected chi connectivity index (χ1v) is 7.73. The summed E-state index contributed by atoms with van der Waals surface area (Å²) in [7, 11) is 0. The topological polar surface area (TPSA) is 73.6 Å². The van der Waals surface area contributed by atoms with Crippen molar-refractivity contribution in [3.05, 3.63) is 71.6 Å². The summed E-state index contributed by atoms with van der Waals surface area (Å²) in [6.07, 6.45) is 3.63. The van der Waals surface area contributed by atoms with E-state index in [2.05, 4.69) is 17.1 Å². The van der Waals surface area contributed by atoms with Crippen LogP contribution < -0.4 is 11.5 Å². The molecule has 1 aliphatic carbocycles. The van der Waals surface area contributed by atoms with Crippen molar-refractivity contribution < 1.29 is 4.74 Å². The first kappa shape index (κ1) is 15.2. The number of nitrogens with zero attached hydrogens (tertiary/aromatic N) is 1. The van der Waals surface area contributed by atoms with E-state index in [4.69, 9.17) is 16.2 Å². The molecule has 4 N–H and O–H groups in total. The number of benzene rings is 2. The number of nitrogen functional groups attached to an aromatic ring is 1. The summed E-state index contributed by atoms with van der Waals surface area (Å²) in [4.78, 5) is 4.35. The largest absolute Gasteiger partial charge is 0.465 e. The second-order valence-electron chi connectivity index (χ2n) is 5.69. The Morgan fingerprint density at radius 1 is 1.09 bits per heavy atom. The van der Waals surface area contributed by atoms with Crippen molar-refractivity contribution in [2.24, 2.45) is 10.7 Å². The van der Waals surface area contributed by atoms with Gasteiger partial charge >= 0.3 is 0 Å². The van der Waals surface area contributed by atoms with Crippen molar-refractivity contribution in [2.45, 2.75) is 25.4 Å². The molecular formula is C19H21N3O. The van der Waals surface area contributed by atoms with Gasteiger partial charge in [0.1, 0.15) is 11.3 Å². The highest BCUT2D eigenvalue weighted by molar-refractivity contribution is 5.68. The predicted octanol–water partition coefficient (Wildman–Crippen LogP) is 3.65. The first-order valence-electron chi connectivity index (χ1n) is 7.73. The Labute approximate surface area is 136 Å². The van der Waals surface area contributed by atoms with E-state index in [1.165, 1.54) is 0 Å². The molecule has 2 aromatic carbocycles. The van der Waals surface area contributed by atoms with Crippen LogP contribution >= 0.6 is 0 Å². The second-order valence-corrected chi connectivity index (χ2v) is 5.69. The highest BCUT2D eigenvalue weighted by Crippen LogP contribution is 2.51. The van der Waals surface area contributed by atoms with Crippen molar-refractivity contribution in [1.29, 1.82) is 0 Å². The van der Waals surface area contributed by atoms with Gasteiger partial charge in [-0.3, -0.25) is 0 Å². The maximum Gasteiger partial charge on any atom is 0.238 e. The molecule has 3 rings (SSSR count). The smallest absolute Gasteiger partial charge is 0.238 e. The predicted molar refractivity (Wildman–Crippen MR) is 94.6 cm³/mol. The van der Waals surface area contributed by atoms with Crippen LogP contribution in [-0.4, -0.2) is 6.21 Å². The molecule has 0 amide bonds. The summed E-state index contributed by atoms with van der Waals surface area (Å²) >= 11 is 0. The third-order valence-electron chi connectivity index (χ3n) is 3.99. The lowest BCUT2D eigenvalue weighted by atomic mass is 10.1. The van der Waals surface area contributed by atoms with E-state index >= 15 is 0 Å². The lowest BCUT2D eigenvalue weighted by molar-refractivity contribution is 0.0922. The fourth-order valence-electron chi connectivity index (χ4n) is 2.54. The van der Waals surface area contributed by atoms with Gasteiger partial charge in [0, 0.05) is 17.5 Å². The zero-order valence-corrected chi connectivity index (χ0v) is 13.2. The van der Waals surface area contributed by atoms with Crippen LogP contribution in [0.25, 0.3) is 5.70 Å². The van der Waals surface area contributed by atoms with Crippen LogP contribution in [0, 0.1) is 0 Å². The highest BCUT2D eigenvalue weighted by Gasteiger charge is 2.48. The van der Waals surface area contributed by atoms with Crippen LogP contribution in [0.2, 0.25) is 0 Å². The summed E-state index contributed by atoms with van der Waals surface area (Å²) in [5, 5.41) is 0. The normalized spacial score (nSPS) is 16.9. The lowest BCUT2D eigenvalue weighted by Crippen LogP contribution is -2.14. The van der Waals surface area contributed by atoms with Gasteiger partial charge in [-0.15, -0.1) is 0 Å². The average molecular weight is 307 g/mol. The standard InChI is InChI=1S/C19H21N3O/c1-2-22-18(17(21)14-8-10-16(20)11-9-14)23-19(12-13-19)15-6-4-3-5-7-15/h2-11H,12-13,20-21H2,1H3/b18-17+,22-2?. The van der Waals surface area contributed by atoms with Crippen LogP contribution in [0.5, 0.6) is 0 Å². The molecule has 1 aliphatic rings. The van der Waals surface area contributed by atoms with E-state index in [-0.39, 0.29) is 5.60 Å². The van der Waals surface area contributed by atoms with Gasteiger partial charge < -0.3 is 16.2 Å². The highest BCUT2D eigenvalue weighted by atomic mass is 16.5. The Morgan fingerprint density at radius 2 is 1.74 bits per heavy atom. The molecular weight excluding hydrogens is 286 g/mol. The summed E-state index contributed by atoms with van der Waals surface area (Å²) in [5.41, 5.74) is 14.9. The van der Waals surface area contributed by atoms with Crippen molar-refractivity contribution in [3.63, 3.8) is 0 Å². The van der Waals surface area contributed by atoms with Crippen molar-refractivity contribution in [3.8, 4) is 0 Å². The number of ether oxygens (including phenoxy) is 1. The number of anilines is 1. The fourth-order valence-corrected chi connectivity index (χ4v) is 2.54. The van der Waals surface area contributed by atoms with Crippen LogP contribution in [0.3, 0.4) is 0 Å². The van der Waals surface area contributed by atoms with E-state index in [0.29, 0.717) is 17.3 Å². The molecule has 0 radical (unpaired) electrons. The molecule has 0 aromatic heterocycles. The molecule has 0 atom stereocenters. The van der Waals surface area contributed by atoms with Crippen molar-refractivity contribution in [2.75, 3.05) is 5.73 Å². The fraction of sp³-hybridized carbons (Fsp3) is 0.211. The zero-order valence-electron chi connectivity index (χ0n) is 13.2. The molecule has 0 spiro atoms. The van der Waals surface area contributed by atoms with E-state index in [1.54, 1.807) is 6.21 Å². The maximum atomic E-state index is 6.29. The Bertz CT molecular complexity index is 729. The van der Waals surface area contributed by atoms with Crippen LogP contribution in [0.15, 0.2) is 65.5 Å². The van der Waals surface area contributed by atoms with E-state index in [0.717, 1.165) is 24.0 Å². The minimum atomic E-state index is -0.304. The summed E-state index contributed by atoms with van der Waals surface area (Å²) < 4.78 is 6.25. The van der Waals surface area contributed by atoms with Crippen molar-refractivity contribution >= 4 is 17.6 Å². The second kappa shape index (κ2) is 6.16. The number of aliphatic imine (C=N–C) groups is 1. The minimum Gasteiger partial charge on any atom is -0.465 e. The van der Waals surface area contributed by atoms with Gasteiger partial charge in [-0.2, -0.15) is 0 Å². The Morgan fingerprint density at radius 3 is 2.30 bits per heavy atom. The average Bonchev–Trinajstić information content (AvgIpc) is 3.36. The Hall–Kier alpha value is -2.75. The number of nitrogens with two attached hydrogens (primary N) is 2. The van der Waals surface area contributed by atoms with Gasteiger partial charge in [-0.1, -0.05) is 42.5 Å². The van der Waals surface area contributed by atoms with Crippen LogP contribution in [0.4, 0.5) is 5.69 Å². The van der Waals surface area contributed by atoms with Gasteiger partial charge in [0.05, 0.1) is 0 Å².